The number of hydrogen-bond acceptors (Lipinski definition) is 2. The maximum Gasteiger partial charge on any atom is 0.0965 e. The molecule has 0 aliphatic carbocycles. The second-order valence-corrected chi connectivity index (χ2v) is 4.95. The Kier molecular flexibility index (Phi) is 3.39. The van der Waals surface area contributed by atoms with Gasteiger partial charge in [-0.15, -0.1) is 0 Å². The van der Waals surface area contributed by atoms with Crippen molar-refractivity contribution in [3.63, 3.8) is 0 Å². The Morgan fingerprint density at radius 2 is 1.81 bits per heavy atom. The third kappa shape index (κ3) is 2.43. The molecule has 84 valence electrons. The van der Waals surface area contributed by atoms with Crippen LogP contribution in [0.2, 0.25) is 0 Å². The van der Waals surface area contributed by atoms with Gasteiger partial charge in [0.25, 0.3) is 0 Å². The predicted octanol–water partition coefficient (Wildman–Crippen LogP) is 3.20. The molecule has 0 radical (unpaired) electrons. The standard InChI is InChI=1S/C14H18N2/c1-10(9-15)13(16)11-7-5-6-8-12(11)14(2,3)4/h5-8H,16H2,1-4H3/b13-10-. The lowest BCUT2D eigenvalue weighted by molar-refractivity contribution is 0.588. The predicted molar refractivity (Wildman–Crippen MR) is 67.5 cm³/mol. The molecule has 0 amide bonds. The van der Waals surface area contributed by atoms with Crippen molar-refractivity contribution >= 4 is 5.70 Å². The van der Waals surface area contributed by atoms with Gasteiger partial charge >= 0.3 is 0 Å². The Morgan fingerprint density at radius 3 is 2.31 bits per heavy atom. The van der Waals surface area contributed by atoms with Crippen LogP contribution in [0.3, 0.4) is 0 Å². The highest BCUT2D eigenvalue weighted by atomic mass is 14.6. The molecule has 0 saturated heterocycles. The number of nitrogens with two attached hydrogens (primary N) is 1. The Labute approximate surface area is 97.4 Å². The lowest BCUT2D eigenvalue weighted by Gasteiger charge is -2.23. The Bertz CT molecular complexity index is 456. The smallest absolute Gasteiger partial charge is 0.0965 e. The molecular weight excluding hydrogens is 196 g/mol. The molecule has 0 unspecified atom stereocenters. The van der Waals surface area contributed by atoms with Gasteiger partial charge in [-0.25, -0.2) is 0 Å². The zero-order chi connectivity index (χ0) is 12.3. The van der Waals surface area contributed by atoms with E-state index < -0.39 is 0 Å². The molecule has 1 aromatic rings. The van der Waals surface area contributed by atoms with Gasteiger partial charge in [0.05, 0.1) is 11.8 Å². The van der Waals surface area contributed by atoms with Gasteiger partial charge in [0.1, 0.15) is 0 Å². The van der Waals surface area contributed by atoms with E-state index in [1.165, 1.54) is 5.56 Å². The molecular formula is C14H18N2. The van der Waals surface area contributed by atoms with Gasteiger partial charge in [0.2, 0.25) is 0 Å². The lowest BCUT2D eigenvalue weighted by atomic mass is 9.82. The highest BCUT2D eigenvalue weighted by Crippen LogP contribution is 2.29. The van der Waals surface area contributed by atoms with Crippen molar-refractivity contribution in [1.82, 2.24) is 0 Å². The zero-order valence-electron chi connectivity index (χ0n) is 10.3. The topological polar surface area (TPSA) is 49.8 Å². The summed E-state index contributed by atoms with van der Waals surface area (Å²) in [6.45, 7) is 8.16. The Balaban J connectivity index is 3.43. The van der Waals surface area contributed by atoms with Crippen LogP contribution in [-0.2, 0) is 5.41 Å². The first kappa shape index (κ1) is 12.3. The monoisotopic (exact) mass is 214 g/mol. The Hall–Kier alpha value is -1.75. The molecule has 0 saturated carbocycles. The normalized spacial score (nSPS) is 12.9. The van der Waals surface area contributed by atoms with Crippen LogP contribution in [0.15, 0.2) is 29.8 Å². The third-order valence-electron chi connectivity index (χ3n) is 2.60. The SMILES string of the molecule is C/C(C#N)=C(/N)c1ccccc1C(C)(C)C. The number of nitriles is 1. The summed E-state index contributed by atoms with van der Waals surface area (Å²) in [7, 11) is 0. The molecule has 0 aliphatic rings. The minimum absolute atomic E-state index is 0.0248. The molecule has 0 heterocycles. The van der Waals surface area contributed by atoms with Crippen LogP contribution >= 0.6 is 0 Å². The van der Waals surface area contributed by atoms with Crippen molar-refractivity contribution in [2.75, 3.05) is 0 Å². The minimum Gasteiger partial charge on any atom is -0.397 e. The quantitative estimate of drug-likeness (QED) is 0.730. The van der Waals surface area contributed by atoms with Crippen molar-refractivity contribution < 1.29 is 0 Å². The van der Waals surface area contributed by atoms with E-state index in [1.54, 1.807) is 6.92 Å². The van der Waals surface area contributed by atoms with Crippen LogP contribution in [-0.4, -0.2) is 0 Å². The van der Waals surface area contributed by atoms with E-state index in [-0.39, 0.29) is 5.41 Å². The third-order valence-corrected chi connectivity index (χ3v) is 2.60. The summed E-state index contributed by atoms with van der Waals surface area (Å²) < 4.78 is 0. The number of hydrogen-bond donors (Lipinski definition) is 1. The summed E-state index contributed by atoms with van der Waals surface area (Å²) >= 11 is 0. The van der Waals surface area contributed by atoms with Crippen LogP contribution in [0.5, 0.6) is 0 Å². The van der Waals surface area contributed by atoms with Crippen molar-refractivity contribution in [3.05, 3.63) is 41.0 Å². The fourth-order valence-corrected chi connectivity index (χ4v) is 1.63. The van der Waals surface area contributed by atoms with E-state index in [2.05, 4.69) is 32.9 Å². The molecule has 2 heteroatoms. The van der Waals surface area contributed by atoms with Crippen molar-refractivity contribution in [2.45, 2.75) is 33.1 Å². The summed E-state index contributed by atoms with van der Waals surface area (Å²) in [6, 6.07) is 10.1. The van der Waals surface area contributed by atoms with E-state index in [0.717, 1.165) is 5.56 Å². The van der Waals surface area contributed by atoms with Crippen LogP contribution < -0.4 is 5.73 Å². The maximum atomic E-state index is 8.87. The van der Waals surface area contributed by atoms with Gasteiger partial charge in [-0.3, -0.25) is 0 Å². The lowest BCUT2D eigenvalue weighted by Crippen LogP contribution is -2.15. The first-order valence-electron chi connectivity index (χ1n) is 5.34. The van der Waals surface area contributed by atoms with E-state index in [1.807, 2.05) is 18.2 Å². The van der Waals surface area contributed by atoms with Crippen LogP contribution in [0.1, 0.15) is 38.8 Å². The molecule has 1 aromatic carbocycles. The fraction of sp³-hybridized carbons (Fsp3) is 0.357. The fourth-order valence-electron chi connectivity index (χ4n) is 1.63. The average Bonchev–Trinajstić information content (AvgIpc) is 2.26. The average molecular weight is 214 g/mol. The van der Waals surface area contributed by atoms with E-state index >= 15 is 0 Å². The first-order valence-corrected chi connectivity index (χ1v) is 5.34. The molecule has 0 aliphatic heterocycles. The van der Waals surface area contributed by atoms with Crippen LogP contribution in [0, 0.1) is 11.3 Å². The van der Waals surface area contributed by atoms with Crippen molar-refractivity contribution in [3.8, 4) is 6.07 Å². The summed E-state index contributed by atoms with van der Waals surface area (Å²) in [4.78, 5) is 0. The van der Waals surface area contributed by atoms with Crippen LogP contribution in [0.4, 0.5) is 0 Å². The van der Waals surface area contributed by atoms with Gasteiger partial charge in [-0.05, 0) is 17.9 Å². The summed E-state index contributed by atoms with van der Waals surface area (Å²) in [5.41, 5.74) is 9.31. The molecule has 16 heavy (non-hydrogen) atoms. The Morgan fingerprint density at radius 1 is 1.25 bits per heavy atom. The molecule has 2 nitrogen and oxygen atoms in total. The number of benzene rings is 1. The van der Waals surface area contributed by atoms with E-state index in [9.17, 15) is 0 Å². The second-order valence-electron chi connectivity index (χ2n) is 4.95. The number of allylic oxidation sites excluding steroid dienone is 1. The van der Waals surface area contributed by atoms with Gasteiger partial charge < -0.3 is 5.73 Å². The molecule has 0 spiro atoms. The van der Waals surface area contributed by atoms with Crippen molar-refractivity contribution in [1.29, 1.82) is 5.26 Å². The highest BCUT2D eigenvalue weighted by molar-refractivity contribution is 5.71. The van der Waals surface area contributed by atoms with Crippen molar-refractivity contribution in [2.24, 2.45) is 5.73 Å². The zero-order valence-corrected chi connectivity index (χ0v) is 10.3. The summed E-state index contributed by atoms with van der Waals surface area (Å²) in [5.74, 6) is 0. The summed E-state index contributed by atoms with van der Waals surface area (Å²) in [5, 5.41) is 8.87. The maximum absolute atomic E-state index is 8.87. The highest BCUT2D eigenvalue weighted by Gasteiger charge is 2.18. The number of rotatable bonds is 1. The van der Waals surface area contributed by atoms with Gasteiger partial charge in [-0.2, -0.15) is 5.26 Å². The minimum atomic E-state index is 0.0248. The molecule has 0 atom stereocenters. The van der Waals surface area contributed by atoms with Gasteiger partial charge in [0, 0.05) is 11.1 Å². The van der Waals surface area contributed by atoms with E-state index in [0.29, 0.717) is 11.3 Å². The molecule has 0 bridgehead atoms. The first-order chi connectivity index (χ1) is 7.38. The molecule has 0 aromatic heterocycles. The largest absolute Gasteiger partial charge is 0.397 e. The number of nitrogens with zero attached hydrogens (tertiary/aromatic N) is 1. The second kappa shape index (κ2) is 4.40. The van der Waals surface area contributed by atoms with Gasteiger partial charge in [-0.1, -0.05) is 45.0 Å². The molecule has 1 rings (SSSR count). The van der Waals surface area contributed by atoms with E-state index in [4.69, 9.17) is 11.0 Å². The molecule has 0 fully saturated rings. The van der Waals surface area contributed by atoms with Crippen LogP contribution in [0.25, 0.3) is 5.70 Å². The van der Waals surface area contributed by atoms with Gasteiger partial charge in [0.15, 0.2) is 0 Å². The summed E-state index contributed by atoms with van der Waals surface area (Å²) in [6.07, 6.45) is 0. The molecule has 2 N–H and O–H groups in total.